The lowest BCUT2D eigenvalue weighted by Gasteiger charge is -2.38. The zero-order chi connectivity index (χ0) is 29.8. The third-order valence-corrected chi connectivity index (χ3v) is 7.29. The highest BCUT2D eigenvalue weighted by Crippen LogP contribution is 2.25. The van der Waals surface area contributed by atoms with E-state index in [9.17, 15) is 19.2 Å². The fourth-order valence-corrected chi connectivity index (χ4v) is 5.02. The van der Waals surface area contributed by atoms with Crippen molar-refractivity contribution in [2.75, 3.05) is 19.7 Å². The van der Waals surface area contributed by atoms with Gasteiger partial charge in [0, 0.05) is 50.1 Å². The molecule has 43 heavy (non-hydrogen) atoms. The van der Waals surface area contributed by atoms with Gasteiger partial charge in [-0.15, -0.1) is 0 Å². The summed E-state index contributed by atoms with van der Waals surface area (Å²) in [4.78, 5) is 56.4. The Hall–Kier alpha value is -5.52. The van der Waals surface area contributed by atoms with E-state index >= 15 is 0 Å². The first kappa shape index (κ1) is 27.6. The minimum Gasteiger partial charge on any atom is -0.488 e. The quantitative estimate of drug-likeness (QED) is 0.309. The van der Waals surface area contributed by atoms with Gasteiger partial charge in [0.2, 0.25) is 0 Å². The average Bonchev–Trinajstić information content (AvgIpc) is 3.04. The molecule has 0 spiro atoms. The number of amides is 3. The SMILES string of the molecule is O=C1COc2cccc(c2)-c2cncc(c2)C(=O)N[C@@H]2CN(C(=O)c3ccc(=O)[nH]n3)CC[C@@H]2Oc2ccc(cc2)CN1. The van der Waals surface area contributed by atoms with Gasteiger partial charge in [0.15, 0.2) is 6.61 Å². The van der Waals surface area contributed by atoms with Gasteiger partial charge in [-0.1, -0.05) is 24.3 Å². The van der Waals surface area contributed by atoms with Gasteiger partial charge in [0.1, 0.15) is 23.3 Å². The number of hydrogen-bond donors (Lipinski definition) is 3. The Labute approximate surface area is 246 Å². The molecule has 3 aliphatic rings. The van der Waals surface area contributed by atoms with Gasteiger partial charge in [-0.25, -0.2) is 5.10 Å². The Balaban J connectivity index is 1.31. The van der Waals surface area contributed by atoms with Gasteiger partial charge >= 0.3 is 0 Å². The fourth-order valence-electron chi connectivity index (χ4n) is 5.02. The zero-order valence-corrected chi connectivity index (χ0v) is 23.0. The van der Waals surface area contributed by atoms with Crippen molar-refractivity contribution in [1.82, 2.24) is 30.7 Å². The topological polar surface area (TPSA) is 156 Å². The monoisotopic (exact) mass is 580 g/mol. The highest BCUT2D eigenvalue weighted by Gasteiger charge is 2.35. The molecule has 7 rings (SSSR count). The maximum absolute atomic E-state index is 13.5. The number of carbonyl (C=O) groups is 3. The minimum absolute atomic E-state index is 0.1000. The van der Waals surface area contributed by atoms with Crippen LogP contribution in [0.5, 0.6) is 11.5 Å². The molecule has 12 nitrogen and oxygen atoms in total. The van der Waals surface area contributed by atoms with E-state index in [0.717, 1.165) is 11.1 Å². The summed E-state index contributed by atoms with van der Waals surface area (Å²) in [6.45, 7) is 0.689. The number of benzene rings is 2. The molecule has 2 aromatic heterocycles. The Bertz CT molecular complexity index is 1700. The number of aromatic amines is 1. The first-order valence-corrected chi connectivity index (χ1v) is 13.8. The van der Waals surface area contributed by atoms with E-state index in [4.69, 9.17) is 9.47 Å². The number of rotatable bonds is 1. The van der Waals surface area contributed by atoms with Crippen molar-refractivity contribution < 1.29 is 23.9 Å². The van der Waals surface area contributed by atoms with Gasteiger partial charge in [0.05, 0.1) is 11.6 Å². The van der Waals surface area contributed by atoms with Gasteiger partial charge in [0.25, 0.3) is 23.3 Å². The molecule has 6 bridgehead atoms. The number of hydrogen-bond acceptors (Lipinski definition) is 8. The van der Waals surface area contributed by atoms with Crippen LogP contribution in [0.1, 0.15) is 32.8 Å². The Morgan fingerprint density at radius 2 is 1.74 bits per heavy atom. The lowest BCUT2D eigenvalue weighted by molar-refractivity contribution is -0.123. The van der Waals surface area contributed by atoms with Crippen LogP contribution >= 0.6 is 0 Å². The number of nitrogens with zero attached hydrogens (tertiary/aromatic N) is 3. The lowest BCUT2D eigenvalue weighted by atomic mass is 10.00. The van der Waals surface area contributed by atoms with E-state index < -0.39 is 17.7 Å². The predicted molar refractivity (Wildman–Crippen MR) is 155 cm³/mol. The fraction of sp³-hybridized carbons (Fsp3) is 0.226. The molecule has 3 aliphatic heterocycles. The summed E-state index contributed by atoms with van der Waals surface area (Å²) >= 11 is 0. The van der Waals surface area contributed by atoms with Crippen LogP contribution in [0.3, 0.4) is 0 Å². The van der Waals surface area contributed by atoms with Gasteiger partial charge in [-0.2, -0.15) is 5.10 Å². The zero-order valence-electron chi connectivity index (χ0n) is 23.0. The van der Waals surface area contributed by atoms with Crippen LogP contribution in [0, 0.1) is 0 Å². The lowest BCUT2D eigenvalue weighted by Crippen LogP contribution is -2.58. The molecule has 2 atom stereocenters. The van der Waals surface area contributed by atoms with Crippen LogP contribution in [0.4, 0.5) is 0 Å². The number of fused-ring (bicyclic) bond motifs is 7. The number of H-pyrrole nitrogens is 1. The molecule has 5 heterocycles. The molecule has 3 amide bonds. The maximum atomic E-state index is 13.5. The molecular weight excluding hydrogens is 552 g/mol. The number of aromatic nitrogens is 3. The van der Waals surface area contributed by atoms with E-state index in [-0.39, 0.29) is 36.6 Å². The molecular formula is C31H28N6O6. The van der Waals surface area contributed by atoms with Crippen LogP contribution in [-0.4, -0.2) is 69.6 Å². The van der Waals surface area contributed by atoms with Crippen molar-refractivity contribution >= 4 is 17.7 Å². The second-order valence-electron chi connectivity index (χ2n) is 10.3. The second kappa shape index (κ2) is 12.1. The normalized spacial score (nSPS) is 18.7. The predicted octanol–water partition coefficient (Wildman–Crippen LogP) is 1.93. The van der Waals surface area contributed by atoms with Gasteiger partial charge < -0.3 is 25.0 Å². The Morgan fingerprint density at radius 1 is 0.907 bits per heavy atom. The maximum Gasteiger partial charge on any atom is 0.274 e. The molecule has 2 aromatic carbocycles. The molecule has 4 aromatic rings. The molecule has 3 N–H and O–H groups in total. The summed E-state index contributed by atoms with van der Waals surface area (Å²) < 4.78 is 12.0. The molecule has 0 aliphatic carbocycles. The van der Waals surface area contributed by atoms with E-state index in [0.29, 0.717) is 42.1 Å². The average molecular weight is 581 g/mol. The third kappa shape index (κ3) is 6.53. The van der Waals surface area contributed by atoms with Crippen molar-refractivity contribution in [3.05, 3.63) is 106 Å². The first-order chi connectivity index (χ1) is 20.9. The summed E-state index contributed by atoms with van der Waals surface area (Å²) in [7, 11) is 0. The van der Waals surface area contributed by atoms with Crippen LogP contribution in [0.15, 0.2) is 83.9 Å². The molecule has 1 fully saturated rings. The highest BCUT2D eigenvalue weighted by atomic mass is 16.5. The number of ether oxygens (including phenoxy) is 2. The summed E-state index contributed by atoms with van der Waals surface area (Å²) in [5.74, 6) is 0.0824. The summed E-state index contributed by atoms with van der Waals surface area (Å²) in [5.41, 5.74) is 2.35. The molecule has 218 valence electrons. The molecule has 12 heteroatoms. The highest BCUT2D eigenvalue weighted by molar-refractivity contribution is 5.95. The van der Waals surface area contributed by atoms with Crippen LogP contribution in [0.2, 0.25) is 0 Å². The van der Waals surface area contributed by atoms with Crippen molar-refractivity contribution in [3.8, 4) is 22.6 Å². The largest absolute Gasteiger partial charge is 0.488 e. The van der Waals surface area contributed by atoms with Crippen molar-refractivity contribution in [3.63, 3.8) is 0 Å². The third-order valence-electron chi connectivity index (χ3n) is 7.29. The van der Waals surface area contributed by atoms with Crippen LogP contribution in [0.25, 0.3) is 11.1 Å². The molecule has 0 radical (unpaired) electrons. The van der Waals surface area contributed by atoms with E-state index in [1.165, 1.54) is 18.3 Å². The van der Waals surface area contributed by atoms with E-state index in [1.54, 1.807) is 47.5 Å². The molecule has 1 saturated heterocycles. The smallest absolute Gasteiger partial charge is 0.274 e. The second-order valence-corrected chi connectivity index (χ2v) is 10.3. The number of piperidine rings is 1. The van der Waals surface area contributed by atoms with Gasteiger partial charge in [-0.05, 0) is 47.5 Å². The van der Waals surface area contributed by atoms with Crippen LogP contribution in [-0.2, 0) is 11.3 Å². The Morgan fingerprint density at radius 3 is 2.56 bits per heavy atom. The van der Waals surface area contributed by atoms with E-state index in [1.807, 2.05) is 18.2 Å². The summed E-state index contributed by atoms with van der Waals surface area (Å²) in [6, 6.07) is 18.3. The first-order valence-electron chi connectivity index (χ1n) is 13.8. The van der Waals surface area contributed by atoms with Crippen molar-refractivity contribution in [2.24, 2.45) is 0 Å². The number of pyridine rings is 1. The van der Waals surface area contributed by atoms with Crippen molar-refractivity contribution in [1.29, 1.82) is 0 Å². The molecule has 0 unspecified atom stereocenters. The minimum atomic E-state index is -0.571. The number of likely N-dealkylation sites (tertiary alicyclic amines) is 1. The summed E-state index contributed by atoms with van der Waals surface area (Å²) in [6.07, 6.45) is 3.10. The molecule has 0 saturated carbocycles. The van der Waals surface area contributed by atoms with Crippen LogP contribution < -0.4 is 25.7 Å². The summed E-state index contributed by atoms with van der Waals surface area (Å²) in [5, 5.41) is 12.1. The van der Waals surface area contributed by atoms with Crippen molar-refractivity contribution in [2.45, 2.75) is 25.1 Å². The van der Waals surface area contributed by atoms with E-state index in [2.05, 4.69) is 25.8 Å². The standard InChI is InChI=1S/C31H28N6O6/c38-28-9-8-25(35-36-28)31(41)37-11-10-27-26(17-37)34-30(40)22-12-21(15-32-16-22)20-2-1-3-24(13-20)42-18-29(39)33-14-19-4-6-23(43-27)7-5-19/h1-9,12-13,15-16,26-27H,10-11,14,17-18H2,(H,33,39)(H,34,40)(H,36,38)/t26-,27+/m1/s1. The Kier molecular flexibility index (Phi) is 7.81. The number of carbonyl (C=O) groups excluding carboxylic acids is 3. The van der Waals surface area contributed by atoms with Gasteiger partial charge in [-0.3, -0.25) is 24.2 Å². The number of nitrogens with one attached hydrogen (secondary N) is 3.